The molecule has 0 radical (unpaired) electrons. The van der Waals surface area contributed by atoms with Crippen LogP contribution in [0.5, 0.6) is 5.75 Å². The fourth-order valence-corrected chi connectivity index (χ4v) is 7.18. The van der Waals surface area contributed by atoms with E-state index < -0.39 is 0 Å². The Kier molecular flexibility index (Phi) is 12.3. The van der Waals surface area contributed by atoms with Gasteiger partial charge in [0.25, 0.3) is 0 Å². The van der Waals surface area contributed by atoms with Crippen LogP contribution in [0.3, 0.4) is 0 Å². The normalized spacial score (nSPS) is 12.8. The van der Waals surface area contributed by atoms with Crippen LogP contribution in [0.1, 0.15) is 126 Å². The molecule has 49 heavy (non-hydrogen) atoms. The van der Waals surface area contributed by atoms with Crippen LogP contribution in [-0.4, -0.2) is 9.67 Å². The van der Waals surface area contributed by atoms with Gasteiger partial charge >= 0.3 is 26.2 Å². The molecule has 0 unspecified atom stereocenters. The van der Waals surface area contributed by atoms with E-state index in [1.54, 1.807) is 0 Å². The molecule has 3 heteroatoms. The average Bonchev–Trinajstić information content (AvgIpc) is 3.23. The monoisotopic (exact) mass is 735 g/mol. The first-order chi connectivity index (χ1) is 21.0. The van der Waals surface area contributed by atoms with Gasteiger partial charge in [0.15, 0.2) is 0 Å². The topological polar surface area (TPSA) is 25.2 Å². The van der Waals surface area contributed by atoms with Gasteiger partial charge < -0.3 is 24.5 Å². The number of aromatic nitrogens is 1. The van der Waals surface area contributed by atoms with E-state index in [1.807, 2.05) is 6.07 Å². The Morgan fingerprint density at radius 2 is 0.959 bits per heavy atom. The number of hydrogen-bond acceptors (Lipinski definition) is 1. The Labute approximate surface area is 318 Å². The van der Waals surface area contributed by atoms with Gasteiger partial charge in [0.1, 0.15) is 5.75 Å². The van der Waals surface area contributed by atoms with Crippen LogP contribution in [0.25, 0.3) is 38.6 Å². The predicted octanol–water partition coefficient (Wildman–Crippen LogP) is 13.7. The first-order valence-electron chi connectivity index (χ1n) is 17.0. The quantitative estimate of drug-likeness (QED) is 0.183. The molecule has 1 heterocycles. The second-order valence-corrected chi connectivity index (χ2v) is 18.7. The summed E-state index contributed by atoms with van der Waals surface area (Å²) in [4.78, 5) is 0. The fourth-order valence-electron chi connectivity index (χ4n) is 7.18. The van der Waals surface area contributed by atoms with Crippen molar-refractivity contribution in [2.24, 2.45) is 5.41 Å². The van der Waals surface area contributed by atoms with E-state index in [0.29, 0.717) is 5.75 Å². The van der Waals surface area contributed by atoms with Gasteiger partial charge in [0.05, 0.1) is 11.0 Å². The third kappa shape index (κ3) is 8.82. The van der Waals surface area contributed by atoms with E-state index in [1.165, 1.54) is 44.1 Å². The van der Waals surface area contributed by atoms with Crippen molar-refractivity contribution in [3.8, 4) is 22.6 Å². The molecule has 0 amide bonds. The average molecular weight is 737 g/mol. The van der Waals surface area contributed by atoms with Gasteiger partial charge in [0.2, 0.25) is 0 Å². The Morgan fingerprint density at radius 3 is 1.39 bits per heavy atom. The molecular formula is C46H63NOZr. The minimum Gasteiger partial charge on any atom is -0.507 e. The number of hydrogen-bond donors (Lipinski definition) is 1. The maximum Gasteiger partial charge on any atom is 2.00 e. The molecule has 0 saturated heterocycles. The Hall–Kier alpha value is -2.64. The van der Waals surface area contributed by atoms with Gasteiger partial charge in [-0.25, -0.2) is 0 Å². The second-order valence-electron chi connectivity index (χ2n) is 18.7. The summed E-state index contributed by atoms with van der Waals surface area (Å²) in [6.07, 6.45) is 1.05. The number of benzene rings is 4. The Morgan fingerprint density at radius 1 is 0.510 bits per heavy atom. The van der Waals surface area contributed by atoms with Crippen molar-refractivity contribution in [2.45, 2.75) is 125 Å². The number of rotatable bonds is 4. The Bertz CT molecular complexity index is 1860. The van der Waals surface area contributed by atoms with E-state index in [4.69, 9.17) is 0 Å². The number of phenolic OH excluding ortho intramolecular Hbond substituents is 1. The fraction of sp³-hybridized carbons (Fsp3) is 0.435. The van der Waals surface area contributed by atoms with E-state index >= 15 is 0 Å². The molecule has 0 aliphatic rings. The predicted molar refractivity (Wildman–Crippen MR) is 214 cm³/mol. The summed E-state index contributed by atoms with van der Waals surface area (Å²) >= 11 is 0. The molecule has 0 spiro atoms. The van der Waals surface area contributed by atoms with Crippen molar-refractivity contribution in [3.63, 3.8) is 0 Å². The molecule has 0 fully saturated rings. The first kappa shape index (κ1) is 42.5. The van der Waals surface area contributed by atoms with Gasteiger partial charge in [-0.15, -0.1) is 0 Å². The minimum absolute atomic E-state index is 0. The van der Waals surface area contributed by atoms with E-state index in [-0.39, 0.29) is 68.1 Å². The molecule has 0 saturated carbocycles. The maximum atomic E-state index is 11.4. The summed E-state index contributed by atoms with van der Waals surface area (Å²) in [6, 6.07) is 27.1. The summed E-state index contributed by atoms with van der Waals surface area (Å²) in [7, 11) is 0. The third-order valence-electron chi connectivity index (χ3n) is 9.60. The van der Waals surface area contributed by atoms with Crippen molar-refractivity contribution < 1.29 is 31.3 Å². The summed E-state index contributed by atoms with van der Waals surface area (Å²) in [5.74, 6) is 0.319. The van der Waals surface area contributed by atoms with Crippen LogP contribution in [0.15, 0.2) is 72.8 Å². The van der Waals surface area contributed by atoms with Crippen LogP contribution in [0.2, 0.25) is 0 Å². The zero-order valence-corrected chi connectivity index (χ0v) is 36.0. The molecular weight excluding hydrogens is 674 g/mol. The SMILES string of the molecule is CC(C)(C)CC(C)(C)c1ccc(O)c(-c2cc(-n3c4ccc(C(C)(C)C)cc4c4cc(C(C)(C)C)ccc43)cc(C(C)(C)C)c2)c1.[CH3-].[CH3-].[Zr+2]. The van der Waals surface area contributed by atoms with Gasteiger partial charge in [-0.3, -0.25) is 0 Å². The van der Waals surface area contributed by atoms with Crippen LogP contribution < -0.4 is 0 Å². The molecule has 0 aliphatic carbocycles. The van der Waals surface area contributed by atoms with Crippen molar-refractivity contribution in [1.29, 1.82) is 0 Å². The molecule has 1 aromatic heterocycles. The van der Waals surface area contributed by atoms with Gasteiger partial charge in [-0.05, 0) is 110 Å². The Balaban J connectivity index is 0.00000278. The largest absolute Gasteiger partial charge is 2.00 e. The zero-order chi connectivity index (χ0) is 34.2. The van der Waals surface area contributed by atoms with Crippen molar-refractivity contribution in [1.82, 2.24) is 4.57 Å². The second kappa shape index (κ2) is 14.2. The van der Waals surface area contributed by atoms with E-state index in [2.05, 4.69) is 168 Å². The third-order valence-corrected chi connectivity index (χ3v) is 9.60. The summed E-state index contributed by atoms with van der Waals surface area (Å²) in [6.45, 7) is 32.1. The number of aromatic hydroxyl groups is 1. The number of phenols is 1. The molecule has 262 valence electrons. The maximum absolute atomic E-state index is 11.4. The molecule has 0 aliphatic heterocycles. The van der Waals surface area contributed by atoms with Gasteiger partial charge in [-0.2, -0.15) is 0 Å². The zero-order valence-electron chi connectivity index (χ0n) is 33.5. The number of nitrogens with zero attached hydrogens (tertiary/aromatic N) is 1. The first-order valence-corrected chi connectivity index (χ1v) is 17.0. The summed E-state index contributed by atoms with van der Waals surface area (Å²) in [5, 5.41) is 13.9. The molecule has 0 bridgehead atoms. The van der Waals surface area contributed by atoms with Gasteiger partial charge in [0, 0.05) is 22.0 Å². The number of fused-ring (bicyclic) bond motifs is 3. The smallest absolute Gasteiger partial charge is 0.507 e. The van der Waals surface area contributed by atoms with E-state index in [0.717, 1.165) is 23.2 Å². The van der Waals surface area contributed by atoms with Gasteiger partial charge in [-0.1, -0.05) is 121 Å². The molecule has 4 aromatic carbocycles. The van der Waals surface area contributed by atoms with E-state index in [9.17, 15) is 5.11 Å². The van der Waals surface area contributed by atoms with Crippen LogP contribution >= 0.6 is 0 Å². The summed E-state index contributed by atoms with van der Waals surface area (Å²) < 4.78 is 2.44. The van der Waals surface area contributed by atoms with Crippen molar-refractivity contribution in [3.05, 3.63) is 110 Å². The molecule has 0 atom stereocenters. The molecule has 2 nitrogen and oxygen atoms in total. The van der Waals surface area contributed by atoms with Crippen molar-refractivity contribution >= 4 is 21.8 Å². The van der Waals surface area contributed by atoms with Crippen LogP contribution in [-0.2, 0) is 47.9 Å². The van der Waals surface area contributed by atoms with Crippen molar-refractivity contribution in [2.75, 3.05) is 0 Å². The minimum atomic E-state index is -0.0823. The van der Waals surface area contributed by atoms with Crippen LogP contribution in [0.4, 0.5) is 0 Å². The summed E-state index contributed by atoms with van der Waals surface area (Å²) in [5.41, 5.74) is 10.8. The molecule has 5 aromatic rings. The standard InChI is InChI=1S/C44H57NO.2CH3.Zr/c1-40(2,3)27-44(13,14)31-17-20-39(46)34(26-31)28-21-32(43(10,11)12)23-33(22-28)45-37-18-15-29(41(4,5)6)24-35(37)36-25-30(42(7,8)9)16-19-38(36)45;;;/h15-26,46H,27H2,1-14H3;2*1H3;/q;2*-1;+2. The van der Waals surface area contributed by atoms with Crippen LogP contribution in [0, 0.1) is 20.3 Å². The molecule has 5 rings (SSSR count). The molecule has 1 N–H and O–H groups in total.